The van der Waals surface area contributed by atoms with Gasteiger partial charge in [0.05, 0.1) is 5.92 Å². The van der Waals surface area contributed by atoms with Gasteiger partial charge in [0.2, 0.25) is 5.91 Å². The summed E-state index contributed by atoms with van der Waals surface area (Å²) in [5, 5.41) is 12.0. The predicted molar refractivity (Wildman–Crippen MR) is 62.9 cm³/mol. The molecule has 0 aromatic carbocycles. The van der Waals surface area contributed by atoms with Crippen LogP contribution in [0.3, 0.4) is 0 Å². The molecule has 0 aromatic heterocycles. The molecule has 2 heterocycles. The highest BCUT2D eigenvalue weighted by atomic mass is 19.4. The fourth-order valence-corrected chi connectivity index (χ4v) is 2.96. The number of nitrogens with one attached hydrogen (secondary N) is 1. The molecule has 20 heavy (non-hydrogen) atoms. The van der Waals surface area contributed by atoms with Crippen LogP contribution in [0.4, 0.5) is 13.2 Å². The van der Waals surface area contributed by atoms with Gasteiger partial charge in [0.1, 0.15) is 0 Å². The Bertz CT molecular complexity index is 427. The van der Waals surface area contributed by atoms with Gasteiger partial charge in [-0.1, -0.05) is 0 Å². The van der Waals surface area contributed by atoms with Crippen LogP contribution in [0.25, 0.3) is 0 Å². The number of halogens is 3. The summed E-state index contributed by atoms with van der Waals surface area (Å²) < 4.78 is 39.1. The molecule has 2 aliphatic heterocycles. The Labute approximate surface area is 114 Å². The highest BCUT2D eigenvalue weighted by Gasteiger charge is 2.64. The second-order valence-electron chi connectivity index (χ2n) is 5.53. The average molecular weight is 294 g/mol. The molecule has 8 heteroatoms. The Morgan fingerprint density at radius 1 is 1.40 bits per heavy atom. The summed E-state index contributed by atoms with van der Waals surface area (Å²) in [4.78, 5) is 24.3. The molecule has 0 radical (unpaired) electrons. The summed E-state index contributed by atoms with van der Waals surface area (Å²) in [6.45, 7) is 1.51. The number of carboxylic acids is 1. The summed E-state index contributed by atoms with van der Waals surface area (Å²) in [6.07, 6.45) is -4.86. The summed E-state index contributed by atoms with van der Waals surface area (Å²) >= 11 is 0. The minimum absolute atomic E-state index is 0.0896. The van der Waals surface area contributed by atoms with Gasteiger partial charge in [0, 0.05) is 19.1 Å². The zero-order valence-electron chi connectivity index (χ0n) is 11.0. The SMILES string of the molecule is CC1NCCC1C(=O)N1CCC(C(=O)O)(C(F)(F)F)C1. The number of nitrogens with zero attached hydrogens (tertiary/aromatic N) is 1. The molecule has 1 amide bonds. The van der Waals surface area contributed by atoms with Crippen molar-refractivity contribution in [1.29, 1.82) is 0 Å². The van der Waals surface area contributed by atoms with Gasteiger partial charge in [-0.2, -0.15) is 13.2 Å². The van der Waals surface area contributed by atoms with E-state index in [4.69, 9.17) is 5.11 Å². The van der Waals surface area contributed by atoms with Crippen LogP contribution in [-0.4, -0.2) is 53.7 Å². The highest BCUT2D eigenvalue weighted by molar-refractivity contribution is 5.83. The van der Waals surface area contributed by atoms with Crippen molar-refractivity contribution in [2.75, 3.05) is 19.6 Å². The van der Waals surface area contributed by atoms with Crippen LogP contribution < -0.4 is 5.32 Å². The molecule has 2 fully saturated rings. The van der Waals surface area contributed by atoms with E-state index in [1.165, 1.54) is 0 Å². The first kappa shape index (κ1) is 15.1. The van der Waals surface area contributed by atoms with Crippen LogP contribution in [0, 0.1) is 11.3 Å². The van der Waals surface area contributed by atoms with Crippen LogP contribution in [0.2, 0.25) is 0 Å². The van der Waals surface area contributed by atoms with Crippen molar-refractivity contribution in [3.8, 4) is 0 Å². The zero-order chi connectivity index (χ0) is 15.1. The Morgan fingerprint density at radius 2 is 2.05 bits per heavy atom. The Morgan fingerprint density at radius 3 is 2.45 bits per heavy atom. The van der Waals surface area contributed by atoms with Crippen molar-refractivity contribution in [2.45, 2.75) is 32.0 Å². The van der Waals surface area contributed by atoms with E-state index in [2.05, 4.69) is 5.32 Å². The molecule has 0 saturated carbocycles. The van der Waals surface area contributed by atoms with E-state index in [0.29, 0.717) is 13.0 Å². The van der Waals surface area contributed by atoms with Crippen molar-refractivity contribution in [3.05, 3.63) is 0 Å². The summed E-state index contributed by atoms with van der Waals surface area (Å²) in [6, 6.07) is -0.0896. The molecule has 0 aliphatic carbocycles. The lowest BCUT2D eigenvalue weighted by Crippen LogP contribution is -2.48. The second kappa shape index (κ2) is 4.91. The number of alkyl halides is 3. The number of carbonyl (C=O) groups excluding carboxylic acids is 1. The molecule has 0 bridgehead atoms. The van der Waals surface area contributed by atoms with Crippen LogP contribution in [0.1, 0.15) is 19.8 Å². The van der Waals surface area contributed by atoms with Crippen molar-refractivity contribution in [2.24, 2.45) is 11.3 Å². The molecule has 3 atom stereocenters. The molecule has 0 aromatic rings. The van der Waals surface area contributed by atoms with Crippen LogP contribution in [-0.2, 0) is 9.59 Å². The van der Waals surface area contributed by atoms with Crippen molar-refractivity contribution in [1.82, 2.24) is 10.2 Å². The third-order valence-corrected chi connectivity index (χ3v) is 4.38. The third kappa shape index (κ3) is 2.25. The molecule has 2 aliphatic rings. The maximum Gasteiger partial charge on any atom is 0.406 e. The zero-order valence-corrected chi connectivity index (χ0v) is 11.0. The molecule has 2 rings (SSSR count). The van der Waals surface area contributed by atoms with Gasteiger partial charge in [-0.3, -0.25) is 9.59 Å². The number of carboxylic acid groups (broad SMARTS) is 1. The largest absolute Gasteiger partial charge is 0.481 e. The fraction of sp³-hybridized carbons (Fsp3) is 0.833. The summed E-state index contributed by atoms with van der Waals surface area (Å²) in [5.41, 5.74) is -2.82. The molecule has 2 N–H and O–H groups in total. The average Bonchev–Trinajstić information content (AvgIpc) is 2.93. The van der Waals surface area contributed by atoms with E-state index >= 15 is 0 Å². The smallest absolute Gasteiger partial charge is 0.406 e. The van der Waals surface area contributed by atoms with Gasteiger partial charge in [-0.05, 0) is 26.3 Å². The molecule has 114 valence electrons. The molecule has 2 saturated heterocycles. The molecular weight excluding hydrogens is 277 g/mol. The monoisotopic (exact) mass is 294 g/mol. The molecular formula is C12H17F3N2O3. The lowest BCUT2D eigenvalue weighted by atomic mass is 9.86. The van der Waals surface area contributed by atoms with Crippen molar-refractivity contribution in [3.63, 3.8) is 0 Å². The van der Waals surface area contributed by atoms with Gasteiger partial charge < -0.3 is 15.3 Å². The molecule has 3 unspecified atom stereocenters. The number of hydrogen-bond acceptors (Lipinski definition) is 3. The standard InChI is InChI=1S/C12H17F3N2O3/c1-7-8(2-4-16-7)9(18)17-5-3-11(6-17,10(19)20)12(13,14)15/h7-8,16H,2-6H2,1H3,(H,19,20). The van der Waals surface area contributed by atoms with Gasteiger partial charge in [0.15, 0.2) is 5.41 Å². The lowest BCUT2D eigenvalue weighted by Gasteiger charge is -2.28. The number of rotatable bonds is 2. The number of likely N-dealkylation sites (tertiary alicyclic amines) is 1. The minimum atomic E-state index is -4.85. The van der Waals surface area contributed by atoms with E-state index in [1.54, 1.807) is 6.92 Å². The number of aliphatic carboxylic acids is 1. The normalized spacial score (nSPS) is 34.5. The number of amides is 1. The minimum Gasteiger partial charge on any atom is -0.481 e. The van der Waals surface area contributed by atoms with Crippen molar-refractivity contribution >= 4 is 11.9 Å². The quantitative estimate of drug-likeness (QED) is 0.792. The fourth-order valence-electron chi connectivity index (χ4n) is 2.96. The first-order valence-electron chi connectivity index (χ1n) is 6.51. The number of hydrogen-bond donors (Lipinski definition) is 2. The van der Waals surface area contributed by atoms with Crippen LogP contribution in [0.15, 0.2) is 0 Å². The summed E-state index contributed by atoms with van der Waals surface area (Å²) in [5.74, 6) is -2.65. The maximum atomic E-state index is 13.0. The van der Waals surface area contributed by atoms with Gasteiger partial charge in [0.25, 0.3) is 0 Å². The third-order valence-electron chi connectivity index (χ3n) is 4.38. The molecule has 0 spiro atoms. The summed E-state index contributed by atoms with van der Waals surface area (Å²) in [7, 11) is 0. The van der Waals surface area contributed by atoms with E-state index in [9.17, 15) is 22.8 Å². The van der Waals surface area contributed by atoms with Gasteiger partial charge >= 0.3 is 12.1 Å². The van der Waals surface area contributed by atoms with E-state index in [-0.39, 0.29) is 24.4 Å². The predicted octanol–water partition coefficient (Wildman–Crippen LogP) is 0.850. The first-order chi connectivity index (χ1) is 9.19. The molecule has 5 nitrogen and oxygen atoms in total. The Kier molecular flexibility index (Phi) is 3.70. The van der Waals surface area contributed by atoms with Crippen molar-refractivity contribution < 1.29 is 27.9 Å². The maximum absolute atomic E-state index is 13.0. The van der Waals surface area contributed by atoms with Gasteiger partial charge in [-0.25, -0.2) is 0 Å². The second-order valence-corrected chi connectivity index (χ2v) is 5.53. The van der Waals surface area contributed by atoms with Gasteiger partial charge in [-0.15, -0.1) is 0 Å². The van der Waals surface area contributed by atoms with E-state index in [0.717, 1.165) is 4.90 Å². The lowest BCUT2D eigenvalue weighted by molar-refractivity contribution is -0.227. The van der Waals surface area contributed by atoms with E-state index < -0.39 is 30.5 Å². The van der Waals surface area contributed by atoms with Crippen LogP contribution in [0.5, 0.6) is 0 Å². The topological polar surface area (TPSA) is 69.6 Å². The highest BCUT2D eigenvalue weighted by Crippen LogP contribution is 2.46. The first-order valence-corrected chi connectivity index (χ1v) is 6.51. The Hall–Kier alpha value is -1.31. The Balaban J connectivity index is 2.15. The van der Waals surface area contributed by atoms with Crippen LogP contribution >= 0.6 is 0 Å². The van der Waals surface area contributed by atoms with E-state index in [1.807, 2.05) is 0 Å². The number of carbonyl (C=O) groups is 2.